The van der Waals surface area contributed by atoms with Crippen molar-refractivity contribution in [2.45, 2.75) is 11.8 Å². The topological polar surface area (TPSA) is 107 Å². The molecule has 2 N–H and O–H groups in total. The fraction of sp³-hybridized carbons (Fsp3) is 0.385. The molecule has 0 bridgehead atoms. The Hall–Kier alpha value is -1.93. The number of methoxy groups -OCH3 is 1. The van der Waals surface area contributed by atoms with E-state index in [0.717, 1.165) is 4.31 Å². The number of amides is 1. The number of esters is 1. The number of sulfonamides is 1. The van der Waals surface area contributed by atoms with Gasteiger partial charge >= 0.3 is 5.97 Å². The van der Waals surface area contributed by atoms with Crippen LogP contribution in [0.3, 0.4) is 0 Å². The molecule has 0 heterocycles. The lowest BCUT2D eigenvalue weighted by molar-refractivity contribution is -0.144. The average molecular weight is 314 g/mol. The molecule has 1 atom stereocenters. The van der Waals surface area contributed by atoms with E-state index in [0.29, 0.717) is 0 Å². The Morgan fingerprint density at radius 2 is 1.81 bits per heavy atom. The SMILES string of the molecule is COC(=O)C(C)CN(C)S(=O)(=O)c1ccc(C(N)=O)cc1. The van der Waals surface area contributed by atoms with E-state index in [2.05, 4.69) is 4.74 Å². The normalized spacial score (nSPS) is 13.0. The van der Waals surface area contributed by atoms with Crippen molar-refractivity contribution in [3.63, 3.8) is 0 Å². The lowest BCUT2D eigenvalue weighted by Crippen LogP contribution is -2.34. The Bertz CT molecular complexity index is 624. The van der Waals surface area contributed by atoms with Crippen LogP contribution in [0.5, 0.6) is 0 Å². The Morgan fingerprint density at radius 3 is 2.24 bits per heavy atom. The number of hydrogen-bond donors (Lipinski definition) is 1. The van der Waals surface area contributed by atoms with Gasteiger partial charge in [-0.25, -0.2) is 12.7 Å². The number of nitrogens with two attached hydrogens (primary N) is 1. The summed E-state index contributed by atoms with van der Waals surface area (Å²) in [6, 6.07) is 5.28. The van der Waals surface area contributed by atoms with E-state index in [1.54, 1.807) is 6.92 Å². The van der Waals surface area contributed by atoms with Crippen LogP contribution in [-0.4, -0.2) is 45.3 Å². The summed E-state index contributed by atoms with van der Waals surface area (Å²) in [6.07, 6.45) is 0. The monoisotopic (exact) mass is 314 g/mol. The standard InChI is InChI=1S/C13H18N2O5S/c1-9(13(17)20-3)8-15(2)21(18,19)11-6-4-10(5-7-11)12(14)16/h4-7,9H,8H2,1-3H3,(H2,14,16). The Morgan fingerprint density at radius 1 is 1.29 bits per heavy atom. The van der Waals surface area contributed by atoms with E-state index in [-0.39, 0.29) is 17.0 Å². The van der Waals surface area contributed by atoms with Crippen LogP contribution in [0.1, 0.15) is 17.3 Å². The van der Waals surface area contributed by atoms with Crippen LogP contribution in [-0.2, 0) is 19.6 Å². The van der Waals surface area contributed by atoms with Gasteiger partial charge in [0, 0.05) is 19.2 Å². The van der Waals surface area contributed by atoms with E-state index in [9.17, 15) is 18.0 Å². The van der Waals surface area contributed by atoms with Crippen molar-refractivity contribution in [1.82, 2.24) is 4.31 Å². The first-order valence-corrected chi connectivity index (χ1v) is 7.58. The molecule has 0 aliphatic heterocycles. The molecule has 1 aromatic carbocycles. The number of primary amides is 1. The molecule has 1 rings (SSSR count). The van der Waals surface area contributed by atoms with Crippen LogP contribution in [0, 0.1) is 5.92 Å². The molecule has 21 heavy (non-hydrogen) atoms. The highest BCUT2D eigenvalue weighted by atomic mass is 32.2. The van der Waals surface area contributed by atoms with Gasteiger partial charge in [-0.15, -0.1) is 0 Å². The van der Waals surface area contributed by atoms with Gasteiger partial charge < -0.3 is 10.5 Å². The number of carbonyl (C=O) groups is 2. The molecule has 0 spiro atoms. The summed E-state index contributed by atoms with van der Waals surface area (Å²) in [5, 5.41) is 0. The maximum atomic E-state index is 12.3. The molecular formula is C13H18N2O5S. The minimum Gasteiger partial charge on any atom is -0.469 e. The van der Waals surface area contributed by atoms with Gasteiger partial charge in [-0.3, -0.25) is 9.59 Å². The first kappa shape index (κ1) is 17.1. The number of rotatable bonds is 6. The molecule has 1 amide bonds. The van der Waals surface area contributed by atoms with Crippen LogP contribution >= 0.6 is 0 Å². The maximum absolute atomic E-state index is 12.3. The molecule has 0 radical (unpaired) electrons. The smallest absolute Gasteiger partial charge is 0.309 e. The summed E-state index contributed by atoms with van der Waals surface area (Å²) in [4.78, 5) is 22.3. The summed E-state index contributed by atoms with van der Waals surface area (Å²) in [5.74, 6) is -1.70. The Labute approximate surface area is 123 Å². The van der Waals surface area contributed by atoms with Gasteiger partial charge in [0.2, 0.25) is 15.9 Å². The highest BCUT2D eigenvalue weighted by Gasteiger charge is 2.25. The van der Waals surface area contributed by atoms with Crippen molar-refractivity contribution in [3.8, 4) is 0 Å². The zero-order chi connectivity index (χ0) is 16.2. The molecule has 0 aromatic heterocycles. The van der Waals surface area contributed by atoms with E-state index < -0.39 is 27.8 Å². The first-order valence-electron chi connectivity index (χ1n) is 6.14. The molecular weight excluding hydrogens is 296 g/mol. The molecule has 1 unspecified atom stereocenters. The van der Waals surface area contributed by atoms with Crippen molar-refractivity contribution >= 4 is 21.9 Å². The van der Waals surface area contributed by atoms with Crippen LogP contribution < -0.4 is 5.73 Å². The predicted molar refractivity (Wildman–Crippen MR) is 76.0 cm³/mol. The van der Waals surface area contributed by atoms with E-state index in [4.69, 9.17) is 5.73 Å². The molecule has 0 aliphatic carbocycles. The van der Waals surface area contributed by atoms with Crippen molar-refractivity contribution in [2.75, 3.05) is 20.7 Å². The van der Waals surface area contributed by atoms with Crippen molar-refractivity contribution in [2.24, 2.45) is 11.7 Å². The average Bonchev–Trinajstić information content (AvgIpc) is 2.46. The molecule has 0 saturated heterocycles. The lowest BCUT2D eigenvalue weighted by Gasteiger charge is -2.20. The number of hydrogen-bond acceptors (Lipinski definition) is 5. The largest absolute Gasteiger partial charge is 0.469 e. The summed E-state index contributed by atoms with van der Waals surface area (Å²) >= 11 is 0. The lowest BCUT2D eigenvalue weighted by atomic mass is 10.2. The van der Waals surface area contributed by atoms with Gasteiger partial charge in [0.05, 0.1) is 17.9 Å². The summed E-state index contributed by atoms with van der Waals surface area (Å²) in [7, 11) is -1.13. The van der Waals surface area contributed by atoms with Crippen molar-refractivity contribution in [3.05, 3.63) is 29.8 Å². The van der Waals surface area contributed by atoms with E-state index >= 15 is 0 Å². The predicted octanol–water partition coefficient (Wildman–Crippen LogP) is 0.215. The minimum absolute atomic E-state index is 0.00736. The molecule has 0 aliphatic rings. The summed E-state index contributed by atoms with van der Waals surface area (Å²) in [6.45, 7) is 1.57. The highest BCUT2D eigenvalue weighted by Crippen LogP contribution is 2.16. The van der Waals surface area contributed by atoms with E-state index in [1.807, 2.05) is 0 Å². The second-order valence-electron chi connectivity index (χ2n) is 4.60. The zero-order valence-electron chi connectivity index (χ0n) is 12.1. The fourth-order valence-corrected chi connectivity index (χ4v) is 2.99. The van der Waals surface area contributed by atoms with Gasteiger partial charge in [0.15, 0.2) is 0 Å². The van der Waals surface area contributed by atoms with Crippen LogP contribution in [0.15, 0.2) is 29.2 Å². The summed E-state index contributed by atoms with van der Waals surface area (Å²) in [5.41, 5.74) is 5.32. The molecule has 7 nitrogen and oxygen atoms in total. The number of carbonyl (C=O) groups excluding carboxylic acids is 2. The third kappa shape index (κ3) is 4.02. The number of nitrogens with zero attached hydrogens (tertiary/aromatic N) is 1. The van der Waals surface area contributed by atoms with Crippen LogP contribution in [0.2, 0.25) is 0 Å². The van der Waals surface area contributed by atoms with Gasteiger partial charge in [0.25, 0.3) is 0 Å². The quantitative estimate of drug-likeness (QED) is 0.756. The summed E-state index contributed by atoms with van der Waals surface area (Å²) < 4.78 is 30.3. The zero-order valence-corrected chi connectivity index (χ0v) is 12.9. The van der Waals surface area contributed by atoms with Gasteiger partial charge in [0.1, 0.15) is 0 Å². The molecule has 116 valence electrons. The molecule has 8 heteroatoms. The molecule has 0 fully saturated rings. The second kappa shape index (κ2) is 6.68. The third-order valence-corrected chi connectivity index (χ3v) is 4.82. The molecule has 1 aromatic rings. The van der Waals surface area contributed by atoms with Crippen molar-refractivity contribution < 1.29 is 22.7 Å². The minimum atomic E-state index is -3.74. The second-order valence-corrected chi connectivity index (χ2v) is 6.64. The van der Waals surface area contributed by atoms with Crippen molar-refractivity contribution in [1.29, 1.82) is 0 Å². The number of benzene rings is 1. The van der Waals surface area contributed by atoms with Gasteiger partial charge in [-0.1, -0.05) is 6.92 Å². The maximum Gasteiger partial charge on any atom is 0.309 e. The fourth-order valence-electron chi connectivity index (χ4n) is 1.73. The Balaban J connectivity index is 2.94. The Kier molecular flexibility index (Phi) is 5.45. The van der Waals surface area contributed by atoms with Crippen LogP contribution in [0.25, 0.3) is 0 Å². The van der Waals surface area contributed by atoms with E-state index in [1.165, 1.54) is 38.4 Å². The number of ether oxygens (including phenoxy) is 1. The van der Waals surface area contributed by atoms with Gasteiger partial charge in [-0.2, -0.15) is 0 Å². The molecule has 0 saturated carbocycles. The van der Waals surface area contributed by atoms with Crippen LogP contribution in [0.4, 0.5) is 0 Å². The highest BCUT2D eigenvalue weighted by molar-refractivity contribution is 7.89. The first-order chi connectivity index (χ1) is 9.70. The van der Waals surface area contributed by atoms with Gasteiger partial charge in [-0.05, 0) is 24.3 Å². The third-order valence-electron chi connectivity index (χ3n) is 2.98.